The zero-order valence-corrected chi connectivity index (χ0v) is 21.0. The highest BCUT2D eigenvalue weighted by molar-refractivity contribution is 14.0. The number of rotatable bonds is 5. The minimum atomic E-state index is -0.480. The molecule has 1 saturated carbocycles. The largest absolute Gasteiger partial charge is 0.444 e. The van der Waals surface area contributed by atoms with Gasteiger partial charge in [-0.15, -0.1) is 24.0 Å². The van der Waals surface area contributed by atoms with Gasteiger partial charge in [-0.25, -0.2) is 4.79 Å². The fourth-order valence-corrected chi connectivity index (χ4v) is 4.07. The van der Waals surface area contributed by atoms with Crippen LogP contribution in [-0.2, 0) is 9.47 Å². The highest BCUT2D eigenvalue weighted by Gasteiger charge is 2.59. The van der Waals surface area contributed by atoms with Crippen molar-refractivity contribution in [1.82, 2.24) is 15.5 Å². The van der Waals surface area contributed by atoms with Crippen LogP contribution in [0.5, 0.6) is 0 Å². The number of carbonyl (C=O) groups is 1. The van der Waals surface area contributed by atoms with Crippen molar-refractivity contribution in [3.8, 4) is 0 Å². The summed E-state index contributed by atoms with van der Waals surface area (Å²) in [5, 5.41) is 6.95. The van der Waals surface area contributed by atoms with Crippen LogP contribution >= 0.6 is 24.0 Å². The Hall–Kier alpha value is -0.770. The summed E-state index contributed by atoms with van der Waals surface area (Å²) in [6.45, 7) is 13.7. The minimum absolute atomic E-state index is 0. The van der Waals surface area contributed by atoms with Crippen molar-refractivity contribution in [3.05, 3.63) is 0 Å². The monoisotopic (exact) mass is 510 g/mol. The molecular formula is C20H39IN4O3. The van der Waals surface area contributed by atoms with Gasteiger partial charge in [0.05, 0.1) is 6.10 Å². The van der Waals surface area contributed by atoms with Crippen molar-refractivity contribution in [1.29, 1.82) is 0 Å². The molecule has 1 aliphatic carbocycles. The van der Waals surface area contributed by atoms with Gasteiger partial charge in [-0.3, -0.25) is 4.99 Å². The Labute approximate surface area is 187 Å². The molecule has 28 heavy (non-hydrogen) atoms. The molecule has 164 valence electrons. The zero-order chi connectivity index (χ0) is 20.4. The fourth-order valence-electron chi connectivity index (χ4n) is 4.07. The normalized spacial score (nSPS) is 27.0. The van der Waals surface area contributed by atoms with Crippen LogP contribution in [0.25, 0.3) is 0 Å². The van der Waals surface area contributed by atoms with Crippen molar-refractivity contribution in [2.45, 2.75) is 78.2 Å². The zero-order valence-electron chi connectivity index (χ0n) is 18.7. The maximum atomic E-state index is 12.2. The lowest BCUT2D eigenvalue weighted by Crippen LogP contribution is -2.68. The predicted octanol–water partition coefficient (Wildman–Crippen LogP) is 3.23. The first-order valence-electron chi connectivity index (χ1n) is 10.0. The highest BCUT2D eigenvalue weighted by Crippen LogP contribution is 2.52. The van der Waals surface area contributed by atoms with Gasteiger partial charge in [0.15, 0.2) is 5.96 Å². The van der Waals surface area contributed by atoms with Crippen molar-refractivity contribution in [2.75, 3.05) is 27.2 Å². The number of guanidine groups is 1. The van der Waals surface area contributed by atoms with E-state index in [1.165, 1.54) is 0 Å². The minimum Gasteiger partial charge on any atom is -0.444 e. The van der Waals surface area contributed by atoms with Gasteiger partial charge in [0.2, 0.25) is 0 Å². The van der Waals surface area contributed by atoms with E-state index in [-0.39, 0.29) is 41.5 Å². The first kappa shape index (κ1) is 25.3. The third-order valence-corrected chi connectivity index (χ3v) is 5.81. The van der Waals surface area contributed by atoms with Crippen molar-refractivity contribution < 1.29 is 14.3 Å². The SMILES string of the molecule is CN=C(NCCC(C)N(C)C(=O)OC(C)(C)C)NC1C2CCOC2C1(C)C.I. The molecule has 0 radical (unpaired) electrons. The Bertz CT molecular complexity index is 562. The number of carbonyl (C=O) groups excluding carboxylic acids is 1. The van der Waals surface area contributed by atoms with E-state index in [4.69, 9.17) is 9.47 Å². The summed E-state index contributed by atoms with van der Waals surface area (Å²) in [6.07, 6.45) is 1.98. The standard InChI is InChI=1S/C20H38N4O3.HI/c1-13(24(8)18(25)27-19(2,3)4)9-11-22-17(21-7)23-15-14-10-12-26-16(14)20(15,5)6;/h13-16H,9-12H2,1-8H3,(H2,21,22,23);1H. The van der Waals surface area contributed by atoms with Crippen LogP contribution in [0.4, 0.5) is 4.79 Å². The molecule has 0 aromatic rings. The lowest BCUT2D eigenvalue weighted by Gasteiger charge is -2.54. The number of nitrogens with zero attached hydrogens (tertiary/aromatic N) is 2. The van der Waals surface area contributed by atoms with Gasteiger partial charge in [-0.1, -0.05) is 13.8 Å². The third kappa shape index (κ3) is 5.87. The number of hydrogen-bond acceptors (Lipinski definition) is 4. The van der Waals surface area contributed by atoms with Crippen molar-refractivity contribution in [3.63, 3.8) is 0 Å². The van der Waals surface area contributed by atoms with Gasteiger partial charge in [-0.2, -0.15) is 0 Å². The molecule has 4 atom stereocenters. The smallest absolute Gasteiger partial charge is 0.410 e. The predicted molar refractivity (Wildman–Crippen MR) is 123 cm³/mol. The number of aliphatic imine (C=N–C) groups is 1. The average Bonchev–Trinajstić information content (AvgIpc) is 3.02. The molecule has 4 unspecified atom stereocenters. The van der Waals surface area contributed by atoms with Crippen LogP contribution in [0.2, 0.25) is 0 Å². The Kier molecular flexibility index (Phi) is 8.86. The molecule has 1 saturated heterocycles. The van der Waals surface area contributed by atoms with Gasteiger partial charge >= 0.3 is 6.09 Å². The van der Waals surface area contributed by atoms with E-state index in [0.717, 1.165) is 32.0 Å². The van der Waals surface area contributed by atoms with Crippen LogP contribution in [0, 0.1) is 11.3 Å². The molecule has 1 heterocycles. The van der Waals surface area contributed by atoms with Crippen LogP contribution in [0.3, 0.4) is 0 Å². The molecule has 0 aromatic carbocycles. The van der Waals surface area contributed by atoms with Gasteiger partial charge in [-0.05, 0) is 40.5 Å². The van der Waals surface area contributed by atoms with Crippen LogP contribution in [0.15, 0.2) is 4.99 Å². The van der Waals surface area contributed by atoms with E-state index < -0.39 is 5.60 Å². The number of amides is 1. The molecule has 0 spiro atoms. The van der Waals surface area contributed by atoms with E-state index in [1.54, 1.807) is 19.0 Å². The fraction of sp³-hybridized carbons (Fsp3) is 0.900. The molecule has 2 fully saturated rings. The molecule has 2 aliphatic rings. The molecule has 0 bridgehead atoms. The lowest BCUT2D eigenvalue weighted by molar-refractivity contribution is -0.106. The Balaban J connectivity index is 0.00000392. The summed E-state index contributed by atoms with van der Waals surface area (Å²) in [4.78, 5) is 18.2. The molecule has 0 aromatic heterocycles. The second-order valence-corrected chi connectivity index (χ2v) is 9.42. The second-order valence-electron chi connectivity index (χ2n) is 9.42. The number of fused-ring (bicyclic) bond motifs is 1. The van der Waals surface area contributed by atoms with E-state index in [9.17, 15) is 4.79 Å². The first-order valence-corrected chi connectivity index (χ1v) is 10.0. The number of nitrogens with one attached hydrogen (secondary N) is 2. The Morgan fingerprint density at radius 3 is 2.61 bits per heavy atom. The van der Waals surface area contributed by atoms with Gasteiger partial charge in [0.1, 0.15) is 5.60 Å². The van der Waals surface area contributed by atoms with Crippen LogP contribution in [-0.4, -0.2) is 68.0 Å². The van der Waals surface area contributed by atoms with Gasteiger partial charge < -0.3 is 25.0 Å². The van der Waals surface area contributed by atoms with E-state index in [0.29, 0.717) is 18.1 Å². The van der Waals surface area contributed by atoms with E-state index >= 15 is 0 Å². The van der Waals surface area contributed by atoms with Crippen LogP contribution < -0.4 is 10.6 Å². The first-order chi connectivity index (χ1) is 12.5. The molecule has 2 N–H and O–H groups in total. The lowest BCUT2D eigenvalue weighted by atomic mass is 9.57. The number of ether oxygens (including phenoxy) is 2. The molecule has 1 aliphatic heterocycles. The second kappa shape index (κ2) is 9.82. The van der Waals surface area contributed by atoms with Crippen molar-refractivity contribution >= 4 is 36.0 Å². The van der Waals surface area contributed by atoms with E-state index in [2.05, 4.69) is 29.5 Å². The summed E-state index contributed by atoms with van der Waals surface area (Å²) in [7, 11) is 3.57. The average molecular weight is 510 g/mol. The topological polar surface area (TPSA) is 75.2 Å². The third-order valence-electron chi connectivity index (χ3n) is 5.81. The Morgan fingerprint density at radius 1 is 1.39 bits per heavy atom. The van der Waals surface area contributed by atoms with Crippen molar-refractivity contribution in [2.24, 2.45) is 16.3 Å². The number of hydrogen-bond donors (Lipinski definition) is 2. The van der Waals surface area contributed by atoms with Gasteiger partial charge in [0.25, 0.3) is 0 Å². The maximum absolute atomic E-state index is 12.2. The Morgan fingerprint density at radius 2 is 2.04 bits per heavy atom. The van der Waals surface area contributed by atoms with Gasteiger partial charge in [0, 0.05) is 50.7 Å². The molecule has 2 rings (SSSR count). The summed E-state index contributed by atoms with van der Waals surface area (Å²) < 4.78 is 11.3. The maximum Gasteiger partial charge on any atom is 0.410 e. The molecule has 8 heteroatoms. The summed E-state index contributed by atoms with van der Waals surface area (Å²) in [6, 6.07) is 0.441. The molecular weight excluding hydrogens is 471 g/mol. The molecule has 1 amide bonds. The summed E-state index contributed by atoms with van der Waals surface area (Å²) >= 11 is 0. The van der Waals surface area contributed by atoms with E-state index in [1.807, 2.05) is 27.7 Å². The highest BCUT2D eigenvalue weighted by atomic mass is 127. The molecule has 7 nitrogen and oxygen atoms in total. The summed E-state index contributed by atoms with van der Waals surface area (Å²) in [5.41, 5.74) is -0.365. The number of halogens is 1. The van der Waals surface area contributed by atoms with Crippen LogP contribution in [0.1, 0.15) is 54.4 Å². The quantitative estimate of drug-likeness (QED) is 0.338. The summed E-state index contributed by atoms with van der Waals surface area (Å²) in [5.74, 6) is 1.38.